The monoisotopic (exact) mass is 255 g/mol. The second kappa shape index (κ2) is 4.72. The highest BCUT2D eigenvalue weighted by atomic mass is 19.2. The molecule has 1 heterocycles. The molecule has 1 aromatic carbocycles. The Hall–Kier alpha value is -1.98. The Labute approximate surface area is 102 Å². The topological polar surface area (TPSA) is 57.6 Å². The Balaban J connectivity index is 2.08. The van der Waals surface area contributed by atoms with Crippen molar-refractivity contribution >= 4 is 11.9 Å². The van der Waals surface area contributed by atoms with Crippen molar-refractivity contribution in [3.8, 4) is 0 Å². The average Bonchev–Trinajstić information content (AvgIpc) is 2.66. The number of nitrogens with zero attached hydrogens (tertiary/aromatic N) is 1. The molecule has 0 saturated carbocycles. The molecular formula is C12H11F2NO3. The molecular weight excluding hydrogens is 244 g/mol. The third-order valence-corrected chi connectivity index (χ3v) is 2.92. The minimum absolute atomic E-state index is 0.0426. The van der Waals surface area contributed by atoms with E-state index >= 15 is 0 Å². The third kappa shape index (κ3) is 2.47. The zero-order valence-electron chi connectivity index (χ0n) is 9.40. The van der Waals surface area contributed by atoms with Gasteiger partial charge in [0, 0.05) is 19.5 Å². The summed E-state index contributed by atoms with van der Waals surface area (Å²) in [5.41, 5.74) is 0.438. The van der Waals surface area contributed by atoms with Gasteiger partial charge < -0.3 is 10.0 Å². The largest absolute Gasteiger partial charge is 0.481 e. The molecule has 1 amide bonds. The zero-order chi connectivity index (χ0) is 13.3. The number of carboxylic acid groups (broad SMARTS) is 1. The fourth-order valence-electron chi connectivity index (χ4n) is 1.95. The number of hydrogen-bond donors (Lipinski definition) is 1. The van der Waals surface area contributed by atoms with Crippen LogP contribution in [-0.2, 0) is 16.1 Å². The van der Waals surface area contributed by atoms with Gasteiger partial charge in [-0.1, -0.05) is 6.07 Å². The first-order valence-corrected chi connectivity index (χ1v) is 5.42. The first-order chi connectivity index (χ1) is 8.47. The van der Waals surface area contributed by atoms with Gasteiger partial charge in [-0.3, -0.25) is 9.59 Å². The van der Waals surface area contributed by atoms with E-state index in [0.717, 1.165) is 12.1 Å². The lowest BCUT2D eigenvalue weighted by molar-refractivity contribution is -0.141. The third-order valence-electron chi connectivity index (χ3n) is 2.92. The van der Waals surface area contributed by atoms with Crippen molar-refractivity contribution in [2.45, 2.75) is 13.0 Å². The van der Waals surface area contributed by atoms with E-state index < -0.39 is 23.5 Å². The average molecular weight is 255 g/mol. The molecule has 1 aliphatic heterocycles. The maximum absolute atomic E-state index is 13.0. The number of hydrogen-bond acceptors (Lipinski definition) is 2. The number of carbonyl (C=O) groups excluding carboxylic acids is 1. The van der Waals surface area contributed by atoms with Crippen LogP contribution in [0.2, 0.25) is 0 Å². The molecule has 1 aromatic rings. The van der Waals surface area contributed by atoms with Gasteiger partial charge in [-0.25, -0.2) is 8.78 Å². The minimum atomic E-state index is -1.02. The molecule has 1 atom stereocenters. The molecule has 0 bridgehead atoms. The first kappa shape index (κ1) is 12.5. The predicted octanol–water partition coefficient (Wildman–Crippen LogP) is 1.40. The van der Waals surface area contributed by atoms with Crippen LogP contribution in [0.5, 0.6) is 0 Å². The number of benzene rings is 1. The molecule has 6 heteroatoms. The van der Waals surface area contributed by atoms with E-state index in [-0.39, 0.29) is 25.4 Å². The summed E-state index contributed by atoms with van der Waals surface area (Å²) in [6.45, 7) is 0.201. The summed E-state index contributed by atoms with van der Waals surface area (Å²) in [5.74, 6) is -3.95. The molecule has 0 aromatic heterocycles. The second-order valence-corrected chi connectivity index (χ2v) is 4.26. The highest BCUT2D eigenvalue weighted by molar-refractivity contribution is 5.86. The van der Waals surface area contributed by atoms with Crippen LogP contribution in [0, 0.1) is 17.6 Å². The van der Waals surface area contributed by atoms with E-state index in [1.807, 2.05) is 0 Å². The van der Waals surface area contributed by atoms with Gasteiger partial charge in [0.25, 0.3) is 0 Å². The van der Waals surface area contributed by atoms with Crippen molar-refractivity contribution in [2.24, 2.45) is 5.92 Å². The molecule has 1 N–H and O–H groups in total. The molecule has 0 spiro atoms. The summed E-state index contributed by atoms with van der Waals surface area (Å²) in [7, 11) is 0. The normalized spacial score (nSPS) is 19.3. The van der Waals surface area contributed by atoms with Crippen LogP contribution < -0.4 is 0 Å². The van der Waals surface area contributed by atoms with E-state index in [2.05, 4.69) is 0 Å². The minimum Gasteiger partial charge on any atom is -0.481 e. The molecule has 0 radical (unpaired) electrons. The number of amides is 1. The van der Waals surface area contributed by atoms with Gasteiger partial charge in [-0.05, 0) is 17.7 Å². The van der Waals surface area contributed by atoms with Crippen LogP contribution in [0.15, 0.2) is 18.2 Å². The summed E-state index contributed by atoms with van der Waals surface area (Å²) in [4.78, 5) is 23.6. The van der Waals surface area contributed by atoms with Crippen LogP contribution >= 0.6 is 0 Å². The van der Waals surface area contributed by atoms with E-state index in [0.29, 0.717) is 5.56 Å². The van der Waals surface area contributed by atoms with E-state index in [4.69, 9.17) is 5.11 Å². The van der Waals surface area contributed by atoms with Crippen molar-refractivity contribution < 1.29 is 23.5 Å². The van der Waals surface area contributed by atoms with Crippen molar-refractivity contribution in [3.63, 3.8) is 0 Å². The molecule has 4 nitrogen and oxygen atoms in total. The Morgan fingerprint density at radius 1 is 1.39 bits per heavy atom. The maximum Gasteiger partial charge on any atom is 0.308 e. The lowest BCUT2D eigenvalue weighted by atomic mass is 10.1. The number of aliphatic carboxylic acids is 1. The number of rotatable bonds is 3. The van der Waals surface area contributed by atoms with E-state index in [9.17, 15) is 18.4 Å². The summed E-state index contributed by atoms with van der Waals surface area (Å²) >= 11 is 0. The van der Waals surface area contributed by atoms with Crippen LogP contribution in [0.25, 0.3) is 0 Å². The summed E-state index contributed by atoms with van der Waals surface area (Å²) in [5, 5.41) is 8.81. The van der Waals surface area contributed by atoms with Crippen molar-refractivity contribution in [3.05, 3.63) is 35.4 Å². The molecule has 1 fully saturated rings. The molecule has 2 rings (SSSR count). The number of likely N-dealkylation sites (tertiary alicyclic amines) is 1. The van der Waals surface area contributed by atoms with Gasteiger partial charge in [-0.15, -0.1) is 0 Å². The number of halogens is 2. The Kier molecular flexibility index (Phi) is 3.27. The highest BCUT2D eigenvalue weighted by Crippen LogP contribution is 2.21. The SMILES string of the molecule is O=C(O)[C@H]1CC(=O)N(Cc2ccc(F)c(F)c2)C1. The van der Waals surface area contributed by atoms with Crippen LogP contribution in [0.1, 0.15) is 12.0 Å². The Morgan fingerprint density at radius 3 is 2.67 bits per heavy atom. The van der Waals surface area contributed by atoms with Gasteiger partial charge in [0.1, 0.15) is 0 Å². The lowest BCUT2D eigenvalue weighted by Crippen LogP contribution is -2.25. The summed E-state index contributed by atoms with van der Waals surface area (Å²) in [6.07, 6.45) is -0.0426. The summed E-state index contributed by atoms with van der Waals surface area (Å²) in [6, 6.07) is 3.37. The van der Waals surface area contributed by atoms with Gasteiger partial charge in [0.15, 0.2) is 11.6 Å². The fraction of sp³-hybridized carbons (Fsp3) is 0.333. The first-order valence-electron chi connectivity index (χ1n) is 5.42. The molecule has 0 aliphatic carbocycles. The van der Waals surface area contributed by atoms with Crippen molar-refractivity contribution in [1.29, 1.82) is 0 Å². The van der Waals surface area contributed by atoms with Crippen molar-refractivity contribution in [2.75, 3.05) is 6.54 Å². The quantitative estimate of drug-likeness (QED) is 0.888. The smallest absolute Gasteiger partial charge is 0.308 e. The molecule has 1 saturated heterocycles. The van der Waals surface area contributed by atoms with Crippen LogP contribution in [0.3, 0.4) is 0 Å². The fourth-order valence-corrected chi connectivity index (χ4v) is 1.95. The number of carbonyl (C=O) groups is 2. The van der Waals surface area contributed by atoms with Gasteiger partial charge in [0.2, 0.25) is 5.91 Å². The van der Waals surface area contributed by atoms with Crippen LogP contribution in [0.4, 0.5) is 8.78 Å². The predicted molar refractivity (Wildman–Crippen MR) is 57.5 cm³/mol. The molecule has 0 unspecified atom stereocenters. The highest BCUT2D eigenvalue weighted by Gasteiger charge is 2.34. The van der Waals surface area contributed by atoms with E-state index in [1.165, 1.54) is 11.0 Å². The lowest BCUT2D eigenvalue weighted by Gasteiger charge is -2.16. The molecule has 18 heavy (non-hydrogen) atoms. The second-order valence-electron chi connectivity index (χ2n) is 4.26. The van der Waals surface area contributed by atoms with E-state index in [1.54, 1.807) is 0 Å². The Morgan fingerprint density at radius 2 is 2.11 bits per heavy atom. The number of carboxylic acids is 1. The van der Waals surface area contributed by atoms with Gasteiger partial charge in [-0.2, -0.15) is 0 Å². The summed E-state index contributed by atoms with van der Waals surface area (Å²) < 4.78 is 25.7. The zero-order valence-corrected chi connectivity index (χ0v) is 9.40. The standard InChI is InChI=1S/C12H11F2NO3/c13-9-2-1-7(3-10(9)14)5-15-6-8(12(17)18)4-11(15)16/h1-3,8H,4-6H2,(H,17,18)/t8-/m0/s1. The maximum atomic E-state index is 13.0. The van der Waals surface area contributed by atoms with Crippen molar-refractivity contribution in [1.82, 2.24) is 4.90 Å². The Bertz CT molecular complexity index is 504. The van der Waals surface area contributed by atoms with Gasteiger partial charge in [0.05, 0.1) is 5.92 Å². The van der Waals surface area contributed by atoms with Gasteiger partial charge >= 0.3 is 5.97 Å². The van der Waals surface area contributed by atoms with Crippen LogP contribution in [-0.4, -0.2) is 28.4 Å². The molecule has 96 valence electrons. The molecule has 1 aliphatic rings.